The van der Waals surface area contributed by atoms with E-state index in [1.807, 2.05) is 0 Å². The third-order valence-electron chi connectivity index (χ3n) is 5.84. The molecular weight excluding hydrogens is 405 g/mol. The van der Waals surface area contributed by atoms with Crippen molar-refractivity contribution in [1.29, 1.82) is 0 Å². The van der Waals surface area contributed by atoms with Gasteiger partial charge in [0, 0.05) is 38.4 Å². The molecule has 0 radical (unpaired) electrons. The molecule has 2 heterocycles. The first-order valence-electron chi connectivity index (χ1n) is 10.3. The summed E-state index contributed by atoms with van der Waals surface area (Å²) < 4.78 is 40.7. The van der Waals surface area contributed by atoms with Crippen LogP contribution in [0.4, 0.5) is 10.1 Å². The lowest BCUT2D eigenvalue weighted by atomic mass is 10.2. The average molecular weight is 432 g/mol. The Bertz CT molecular complexity index is 982. The Morgan fingerprint density at radius 2 is 1.60 bits per heavy atom. The van der Waals surface area contributed by atoms with Crippen LogP contribution >= 0.6 is 0 Å². The molecule has 6 nitrogen and oxygen atoms in total. The maximum absolute atomic E-state index is 13.3. The Labute approximate surface area is 176 Å². The molecule has 2 aliphatic rings. The van der Waals surface area contributed by atoms with Gasteiger partial charge in [-0.1, -0.05) is 18.2 Å². The van der Waals surface area contributed by atoms with Crippen molar-refractivity contribution >= 4 is 21.6 Å². The van der Waals surface area contributed by atoms with Crippen molar-refractivity contribution in [3.63, 3.8) is 0 Å². The number of amides is 1. The summed E-state index contributed by atoms with van der Waals surface area (Å²) in [6.07, 6.45) is 2.00. The summed E-state index contributed by atoms with van der Waals surface area (Å²) in [6, 6.07) is 14.0. The van der Waals surface area contributed by atoms with Gasteiger partial charge in [0.25, 0.3) is 0 Å². The summed E-state index contributed by atoms with van der Waals surface area (Å²) in [4.78, 5) is 17.4. The SMILES string of the molecule is O=C(C1CCCN1S(=O)(=O)c1ccccc1)N1CCCN(c2ccc(F)cc2)CC1. The van der Waals surface area contributed by atoms with Gasteiger partial charge in [-0.15, -0.1) is 0 Å². The van der Waals surface area contributed by atoms with Crippen molar-refractivity contribution in [1.82, 2.24) is 9.21 Å². The standard InChI is InChI=1S/C22H26FN3O3S/c23-18-9-11-19(12-10-18)24-13-5-14-25(17-16-24)22(27)21-8-4-15-26(21)30(28,29)20-6-2-1-3-7-20/h1-3,6-7,9-12,21H,4-5,8,13-17H2. The number of nitrogens with zero attached hydrogens (tertiary/aromatic N) is 3. The Morgan fingerprint density at radius 3 is 2.33 bits per heavy atom. The van der Waals surface area contributed by atoms with Gasteiger partial charge in [0.05, 0.1) is 4.90 Å². The van der Waals surface area contributed by atoms with Gasteiger partial charge in [-0.3, -0.25) is 4.79 Å². The third-order valence-corrected chi connectivity index (χ3v) is 7.76. The highest BCUT2D eigenvalue weighted by atomic mass is 32.2. The lowest BCUT2D eigenvalue weighted by Gasteiger charge is -2.29. The van der Waals surface area contributed by atoms with Gasteiger partial charge >= 0.3 is 0 Å². The van der Waals surface area contributed by atoms with Gasteiger partial charge in [0.1, 0.15) is 11.9 Å². The zero-order valence-electron chi connectivity index (χ0n) is 16.8. The van der Waals surface area contributed by atoms with Crippen LogP contribution in [0.1, 0.15) is 19.3 Å². The molecule has 1 atom stereocenters. The molecule has 4 rings (SSSR count). The van der Waals surface area contributed by atoms with Crippen LogP contribution in [-0.4, -0.2) is 62.3 Å². The van der Waals surface area contributed by atoms with Crippen LogP contribution in [0.3, 0.4) is 0 Å². The molecule has 30 heavy (non-hydrogen) atoms. The third kappa shape index (κ3) is 4.20. The fourth-order valence-corrected chi connectivity index (χ4v) is 5.93. The quantitative estimate of drug-likeness (QED) is 0.747. The minimum absolute atomic E-state index is 0.118. The van der Waals surface area contributed by atoms with E-state index >= 15 is 0 Å². The minimum Gasteiger partial charge on any atom is -0.370 e. The summed E-state index contributed by atoms with van der Waals surface area (Å²) in [6.45, 7) is 2.88. The number of carbonyl (C=O) groups excluding carboxylic acids is 1. The smallest absolute Gasteiger partial charge is 0.243 e. The highest BCUT2D eigenvalue weighted by molar-refractivity contribution is 7.89. The molecule has 2 aliphatic heterocycles. The van der Waals surface area contributed by atoms with Gasteiger partial charge in [0.2, 0.25) is 15.9 Å². The molecule has 0 saturated carbocycles. The van der Waals surface area contributed by atoms with Crippen molar-refractivity contribution in [3.8, 4) is 0 Å². The molecule has 0 N–H and O–H groups in total. The fourth-order valence-electron chi connectivity index (χ4n) is 4.26. The molecule has 1 amide bonds. The van der Waals surface area contributed by atoms with Crippen LogP contribution in [0.15, 0.2) is 59.5 Å². The lowest BCUT2D eigenvalue weighted by Crippen LogP contribution is -2.48. The zero-order chi connectivity index (χ0) is 21.1. The minimum atomic E-state index is -3.70. The van der Waals surface area contributed by atoms with Crippen molar-refractivity contribution in [2.45, 2.75) is 30.2 Å². The van der Waals surface area contributed by atoms with Gasteiger partial charge < -0.3 is 9.80 Å². The number of halogens is 1. The van der Waals surface area contributed by atoms with E-state index < -0.39 is 16.1 Å². The Kier molecular flexibility index (Phi) is 6.06. The average Bonchev–Trinajstić information content (AvgIpc) is 3.14. The first-order valence-corrected chi connectivity index (χ1v) is 11.8. The van der Waals surface area contributed by atoms with E-state index in [-0.39, 0.29) is 16.6 Å². The molecule has 2 aromatic rings. The molecule has 0 aromatic heterocycles. The van der Waals surface area contributed by atoms with E-state index in [0.29, 0.717) is 39.0 Å². The van der Waals surface area contributed by atoms with E-state index in [2.05, 4.69) is 4.90 Å². The second-order valence-electron chi connectivity index (χ2n) is 7.73. The Morgan fingerprint density at radius 1 is 0.867 bits per heavy atom. The normalized spacial score (nSPS) is 20.9. The predicted octanol–water partition coefficient (Wildman–Crippen LogP) is 2.72. The van der Waals surface area contributed by atoms with Crippen LogP contribution in [0, 0.1) is 5.82 Å². The summed E-state index contributed by atoms with van der Waals surface area (Å²) >= 11 is 0. The lowest BCUT2D eigenvalue weighted by molar-refractivity contribution is -0.134. The summed E-state index contributed by atoms with van der Waals surface area (Å²) in [5.74, 6) is -0.390. The molecule has 0 aliphatic carbocycles. The summed E-state index contributed by atoms with van der Waals surface area (Å²) in [5.41, 5.74) is 0.930. The summed E-state index contributed by atoms with van der Waals surface area (Å²) in [5, 5.41) is 0. The highest BCUT2D eigenvalue weighted by Crippen LogP contribution is 2.28. The number of anilines is 1. The van der Waals surface area contributed by atoms with E-state index in [0.717, 1.165) is 18.7 Å². The fraction of sp³-hybridized carbons (Fsp3) is 0.409. The van der Waals surface area contributed by atoms with E-state index in [1.54, 1.807) is 47.4 Å². The number of rotatable bonds is 4. The van der Waals surface area contributed by atoms with E-state index in [1.165, 1.54) is 16.4 Å². The maximum atomic E-state index is 13.3. The second kappa shape index (κ2) is 8.73. The molecule has 2 saturated heterocycles. The molecule has 1 unspecified atom stereocenters. The van der Waals surface area contributed by atoms with Crippen LogP contribution in [-0.2, 0) is 14.8 Å². The van der Waals surface area contributed by atoms with E-state index in [4.69, 9.17) is 0 Å². The van der Waals surface area contributed by atoms with Gasteiger partial charge in [-0.2, -0.15) is 4.31 Å². The number of carbonyl (C=O) groups is 1. The van der Waals surface area contributed by atoms with Crippen LogP contribution in [0.25, 0.3) is 0 Å². The first kappa shape index (κ1) is 20.8. The monoisotopic (exact) mass is 431 g/mol. The zero-order valence-corrected chi connectivity index (χ0v) is 17.6. The van der Waals surface area contributed by atoms with Crippen LogP contribution < -0.4 is 4.90 Å². The molecule has 160 valence electrons. The maximum Gasteiger partial charge on any atom is 0.243 e. The van der Waals surface area contributed by atoms with Crippen LogP contribution in [0.2, 0.25) is 0 Å². The van der Waals surface area contributed by atoms with Crippen molar-refractivity contribution in [2.75, 3.05) is 37.6 Å². The molecule has 2 aromatic carbocycles. The molecule has 2 fully saturated rings. The number of hydrogen-bond acceptors (Lipinski definition) is 4. The first-order chi connectivity index (χ1) is 14.5. The summed E-state index contributed by atoms with van der Waals surface area (Å²) in [7, 11) is -3.70. The Hall–Kier alpha value is -2.45. The van der Waals surface area contributed by atoms with Crippen molar-refractivity contribution in [2.24, 2.45) is 0 Å². The van der Waals surface area contributed by atoms with Crippen LogP contribution in [0.5, 0.6) is 0 Å². The molecule has 8 heteroatoms. The molecular formula is C22H26FN3O3S. The van der Waals surface area contributed by atoms with Gasteiger partial charge in [-0.05, 0) is 55.7 Å². The predicted molar refractivity (Wildman–Crippen MR) is 113 cm³/mol. The highest BCUT2D eigenvalue weighted by Gasteiger charge is 2.41. The number of hydrogen-bond donors (Lipinski definition) is 0. The molecule has 0 spiro atoms. The molecule has 0 bridgehead atoms. The van der Waals surface area contributed by atoms with Crippen molar-refractivity contribution in [3.05, 3.63) is 60.4 Å². The topological polar surface area (TPSA) is 60.9 Å². The largest absolute Gasteiger partial charge is 0.370 e. The Balaban J connectivity index is 1.46. The second-order valence-corrected chi connectivity index (χ2v) is 9.62. The number of sulfonamides is 1. The number of benzene rings is 2. The van der Waals surface area contributed by atoms with Gasteiger partial charge in [-0.25, -0.2) is 12.8 Å². The van der Waals surface area contributed by atoms with Crippen molar-refractivity contribution < 1.29 is 17.6 Å². The van der Waals surface area contributed by atoms with Gasteiger partial charge in [0.15, 0.2) is 0 Å². The van der Waals surface area contributed by atoms with E-state index in [9.17, 15) is 17.6 Å².